The van der Waals surface area contributed by atoms with E-state index < -0.39 is 11.4 Å². The van der Waals surface area contributed by atoms with Gasteiger partial charge in [0, 0.05) is 31.0 Å². The molecule has 1 rings (SSSR count). The Morgan fingerprint density at radius 3 is 2.42 bits per heavy atom. The largest absolute Gasteiger partial charge is 0.481 e. The zero-order valence-corrected chi connectivity index (χ0v) is 12.4. The number of carboxylic acid groups (broad SMARTS) is 1. The second-order valence-corrected chi connectivity index (χ2v) is 6.47. The highest BCUT2D eigenvalue weighted by Gasteiger charge is 2.31. The van der Waals surface area contributed by atoms with Gasteiger partial charge in [-0.1, -0.05) is 27.7 Å². The van der Waals surface area contributed by atoms with Crippen molar-refractivity contribution < 1.29 is 14.7 Å². The van der Waals surface area contributed by atoms with Crippen molar-refractivity contribution in [2.45, 2.75) is 46.6 Å². The fourth-order valence-electron chi connectivity index (χ4n) is 2.46. The molecule has 2 atom stereocenters. The van der Waals surface area contributed by atoms with Crippen molar-refractivity contribution in [3.63, 3.8) is 0 Å². The Kier molecular flexibility index (Phi) is 5.35. The lowest BCUT2D eigenvalue weighted by atomic mass is 9.89. The van der Waals surface area contributed by atoms with E-state index in [1.54, 1.807) is 0 Å². The summed E-state index contributed by atoms with van der Waals surface area (Å²) in [5.41, 5.74) is -0.406. The van der Waals surface area contributed by atoms with Crippen LogP contribution in [-0.4, -0.2) is 47.6 Å². The summed E-state index contributed by atoms with van der Waals surface area (Å²) in [6.07, 6.45) is 0.934. The van der Waals surface area contributed by atoms with Gasteiger partial charge in [-0.15, -0.1) is 0 Å². The van der Waals surface area contributed by atoms with Gasteiger partial charge in [0.05, 0.1) is 0 Å². The van der Waals surface area contributed by atoms with Gasteiger partial charge in [0.15, 0.2) is 0 Å². The Hall–Kier alpha value is -1.10. The lowest BCUT2D eigenvalue weighted by molar-refractivity contribution is -0.138. The van der Waals surface area contributed by atoms with Crippen molar-refractivity contribution in [1.82, 2.24) is 10.2 Å². The Morgan fingerprint density at radius 1 is 1.32 bits per heavy atom. The number of carboxylic acids is 1. The molecule has 0 aromatic carbocycles. The number of carbonyl (C=O) groups excluding carboxylic acids is 1. The highest BCUT2D eigenvalue weighted by Crippen LogP contribution is 2.21. The first-order valence-electron chi connectivity index (χ1n) is 6.97. The van der Waals surface area contributed by atoms with E-state index in [-0.39, 0.29) is 24.3 Å². The predicted octanol–water partition coefficient (Wildman–Crippen LogP) is 1.33. The second-order valence-electron chi connectivity index (χ2n) is 6.47. The number of likely N-dealkylation sites (N-methyl/N-ethyl adjacent to an activating group) is 1. The van der Waals surface area contributed by atoms with E-state index in [1.807, 2.05) is 20.8 Å². The summed E-state index contributed by atoms with van der Waals surface area (Å²) in [7, 11) is 0. The van der Waals surface area contributed by atoms with Gasteiger partial charge in [0.1, 0.15) is 0 Å². The van der Waals surface area contributed by atoms with E-state index >= 15 is 0 Å². The molecular weight excluding hydrogens is 244 g/mol. The maximum absolute atomic E-state index is 12.0. The number of nitrogens with one attached hydrogen (secondary N) is 1. The summed E-state index contributed by atoms with van der Waals surface area (Å²) in [5.74, 6) is -0.607. The van der Waals surface area contributed by atoms with Crippen LogP contribution in [0.15, 0.2) is 0 Å². The molecule has 0 aromatic heterocycles. The molecule has 0 saturated carbocycles. The Labute approximate surface area is 115 Å². The second kappa shape index (κ2) is 6.37. The van der Waals surface area contributed by atoms with Gasteiger partial charge in [0.2, 0.25) is 5.91 Å². The van der Waals surface area contributed by atoms with Crippen LogP contribution in [0, 0.1) is 11.3 Å². The highest BCUT2D eigenvalue weighted by molar-refractivity contribution is 5.81. The topological polar surface area (TPSA) is 69.6 Å². The molecule has 0 spiro atoms. The van der Waals surface area contributed by atoms with Crippen LogP contribution in [0.25, 0.3) is 0 Å². The number of hydrogen-bond acceptors (Lipinski definition) is 3. The zero-order chi connectivity index (χ0) is 14.6. The molecule has 1 fully saturated rings. The minimum atomic E-state index is -0.760. The molecule has 1 aliphatic heterocycles. The quantitative estimate of drug-likeness (QED) is 0.808. The first kappa shape index (κ1) is 16.0. The van der Waals surface area contributed by atoms with Gasteiger partial charge in [-0.3, -0.25) is 9.59 Å². The molecule has 110 valence electrons. The average Bonchev–Trinajstić information content (AvgIpc) is 2.26. The number of likely N-dealkylation sites (tertiary alicyclic amines) is 1. The molecule has 19 heavy (non-hydrogen) atoms. The third-order valence-electron chi connectivity index (χ3n) is 3.54. The average molecular weight is 270 g/mol. The summed E-state index contributed by atoms with van der Waals surface area (Å²) in [6, 6.07) is 0.0600. The normalized spacial score (nSPS) is 25.1. The molecule has 5 nitrogen and oxygen atoms in total. The van der Waals surface area contributed by atoms with E-state index in [1.165, 1.54) is 0 Å². The van der Waals surface area contributed by atoms with E-state index in [4.69, 9.17) is 5.11 Å². The number of hydrogen-bond donors (Lipinski definition) is 2. The van der Waals surface area contributed by atoms with Gasteiger partial charge < -0.3 is 15.3 Å². The van der Waals surface area contributed by atoms with Crippen LogP contribution in [0.5, 0.6) is 0 Å². The van der Waals surface area contributed by atoms with Gasteiger partial charge in [-0.05, 0) is 18.9 Å². The summed E-state index contributed by atoms with van der Waals surface area (Å²) in [5, 5.41) is 12.0. The lowest BCUT2D eigenvalue weighted by Gasteiger charge is -2.38. The number of carbonyl (C=O) groups is 2. The molecule has 0 bridgehead atoms. The Morgan fingerprint density at radius 2 is 1.95 bits per heavy atom. The number of rotatable bonds is 4. The Bertz CT molecular complexity index is 336. The van der Waals surface area contributed by atoms with Gasteiger partial charge >= 0.3 is 5.97 Å². The van der Waals surface area contributed by atoms with Gasteiger partial charge in [0.25, 0.3) is 0 Å². The van der Waals surface area contributed by atoms with Gasteiger partial charge in [-0.25, -0.2) is 0 Å². The molecule has 2 unspecified atom stereocenters. The molecule has 1 amide bonds. The fourth-order valence-corrected chi connectivity index (χ4v) is 2.46. The fraction of sp³-hybridized carbons (Fsp3) is 0.857. The van der Waals surface area contributed by atoms with Crippen LogP contribution in [0.4, 0.5) is 0 Å². The minimum Gasteiger partial charge on any atom is -0.481 e. The maximum atomic E-state index is 12.0. The standard InChI is InChI=1S/C14H26N2O3/c1-5-16-8-10(7-12(17)18)6-11(9-16)15-13(19)14(2,3)4/h10-11H,5-9H2,1-4H3,(H,15,19)(H,17,18). The summed E-state index contributed by atoms with van der Waals surface area (Å²) < 4.78 is 0. The van der Waals surface area contributed by atoms with Crippen LogP contribution in [0.3, 0.4) is 0 Å². The number of nitrogens with zero attached hydrogens (tertiary/aromatic N) is 1. The summed E-state index contributed by atoms with van der Waals surface area (Å²) in [6.45, 7) is 10.2. The molecule has 1 aliphatic rings. The van der Waals surface area contributed by atoms with E-state index in [2.05, 4.69) is 17.1 Å². The van der Waals surface area contributed by atoms with Crippen molar-refractivity contribution in [3.05, 3.63) is 0 Å². The third-order valence-corrected chi connectivity index (χ3v) is 3.54. The smallest absolute Gasteiger partial charge is 0.303 e. The zero-order valence-electron chi connectivity index (χ0n) is 12.4. The molecule has 0 aromatic rings. The van der Waals surface area contributed by atoms with Crippen LogP contribution < -0.4 is 5.32 Å². The van der Waals surface area contributed by atoms with Gasteiger partial charge in [-0.2, -0.15) is 0 Å². The van der Waals surface area contributed by atoms with Crippen LogP contribution in [0.2, 0.25) is 0 Å². The maximum Gasteiger partial charge on any atom is 0.303 e. The SMILES string of the molecule is CCN1CC(CC(=O)O)CC(NC(=O)C(C)(C)C)C1. The molecule has 0 aliphatic carbocycles. The number of piperidine rings is 1. The summed E-state index contributed by atoms with van der Waals surface area (Å²) >= 11 is 0. The Balaban J connectivity index is 2.62. The molecule has 1 heterocycles. The number of amides is 1. The summed E-state index contributed by atoms with van der Waals surface area (Å²) in [4.78, 5) is 25.1. The predicted molar refractivity (Wildman–Crippen MR) is 73.9 cm³/mol. The van der Waals surface area contributed by atoms with Crippen LogP contribution >= 0.6 is 0 Å². The van der Waals surface area contributed by atoms with Crippen LogP contribution in [-0.2, 0) is 9.59 Å². The monoisotopic (exact) mass is 270 g/mol. The molecule has 1 saturated heterocycles. The number of aliphatic carboxylic acids is 1. The molecular formula is C14H26N2O3. The highest BCUT2D eigenvalue weighted by atomic mass is 16.4. The van der Waals surface area contributed by atoms with Crippen molar-refractivity contribution in [2.24, 2.45) is 11.3 Å². The van der Waals surface area contributed by atoms with Crippen molar-refractivity contribution in [3.8, 4) is 0 Å². The molecule has 5 heteroatoms. The van der Waals surface area contributed by atoms with Crippen LogP contribution in [0.1, 0.15) is 40.5 Å². The van der Waals surface area contributed by atoms with Crippen molar-refractivity contribution in [1.29, 1.82) is 0 Å². The van der Waals surface area contributed by atoms with E-state index in [9.17, 15) is 9.59 Å². The van der Waals surface area contributed by atoms with E-state index in [0.29, 0.717) is 0 Å². The molecule has 0 radical (unpaired) electrons. The first-order valence-corrected chi connectivity index (χ1v) is 6.97. The van der Waals surface area contributed by atoms with Crippen molar-refractivity contribution in [2.75, 3.05) is 19.6 Å². The first-order chi connectivity index (χ1) is 8.72. The van der Waals surface area contributed by atoms with E-state index in [0.717, 1.165) is 26.1 Å². The lowest BCUT2D eigenvalue weighted by Crippen LogP contribution is -2.53. The minimum absolute atomic E-state index is 0.0320. The third kappa shape index (κ3) is 5.19. The van der Waals surface area contributed by atoms with Crippen molar-refractivity contribution >= 4 is 11.9 Å². The molecule has 2 N–H and O–H groups in total.